The first-order valence-electron chi connectivity index (χ1n) is 11.5. The number of rotatable bonds is 10. The molecule has 1 aromatic heterocycles. The molecule has 0 aliphatic heterocycles. The summed E-state index contributed by atoms with van der Waals surface area (Å²) in [5.41, 5.74) is 0.695. The molecule has 0 aliphatic rings. The molecule has 196 valence electrons. The average Bonchev–Trinajstić information content (AvgIpc) is 3.22. The third-order valence-electron chi connectivity index (χ3n) is 5.37. The van der Waals surface area contributed by atoms with Crippen LogP contribution >= 0.6 is 11.8 Å². The van der Waals surface area contributed by atoms with E-state index >= 15 is 0 Å². The molecule has 2 N–H and O–H groups in total. The number of hydrogen-bond acceptors (Lipinski definition) is 5. The van der Waals surface area contributed by atoms with E-state index in [0.29, 0.717) is 23.1 Å². The number of amides is 2. The van der Waals surface area contributed by atoms with Gasteiger partial charge in [-0.25, -0.2) is 0 Å². The SMILES string of the molecule is C=CCn1c(SCC(=O)Nc2cccc(C(F)(F)F)c2)nnc1[C@H](NC(=O)c1cccc(C)c1)C(C)C. The number of carbonyl (C=O) groups excluding carboxylic acids is 2. The maximum absolute atomic E-state index is 12.9. The highest BCUT2D eigenvalue weighted by Gasteiger charge is 2.30. The minimum Gasteiger partial charge on any atom is -0.342 e. The van der Waals surface area contributed by atoms with E-state index in [-0.39, 0.29) is 23.3 Å². The number of hydrogen-bond donors (Lipinski definition) is 2. The van der Waals surface area contributed by atoms with Crippen LogP contribution in [0.2, 0.25) is 0 Å². The first-order valence-corrected chi connectivity index (χ1v) is 12.5. The van der Waals surface area contributed by atoms with E-state index in [1.165, 1.54) is 12.1 Å². The van der Waals surface area contributed by atoms with Crippen LogP contribution in [-0.2, 0) is 17.5 Å². The van der Waals surface area contributed by atoms with E-state index in [9.17, 15) is 22.8 Å². The van der Waals surface area contributed by atoms with Gasteiger partial charge in [-0.3, -0.25) is 9.59 Å². The molecule has 0 unspecified atom stereocenters. The molecule has 1 heterocycles. The van der Waals surface area contributed by atoms with E-state index in [1.54, 1.807) is 22.8 Å². The van der Waals surface area contributed by atoms with E-state index in [2.05, 4.69) is 27.4 Å². The van der Waals surface area contributed by atoms with Gasteiger partial charge in [0.25, 0.3) is 5.91 Å². The fraction of sp³-hybridized carbons (Fsp3) is 0.308. The second-order valence-electron chi connectivity index (χ2n) is 8.72. The first kappa shape index (κ1) is 28.0. The molecule has 0 saturated carbocycles. The van der Waals surface area contributed by atoms with Gasteiger partial charge < -0.3 is 15.2 Å². The average molecular weight is 532 g/mol. The summed E-state index contributed by atoms with van der Waals surface area (Å²) in [6.07, 6.45) is -2.85. The molecule has 7 nitrogen and oxygen atoms in total. The van der Waals surface area contributed by atoms with Crippen LogP contribution in [0.4, 0.5) is 18.9 Å². The molecule has 0 radical (unpaired) electrons. The monoisotopic (exact) mass is 531 g/mol. The Morgan fingerprint density at radius 2 is 1.86 bits per heavy atom. The molecule has 0 saturated heterocycles. The number of nitrogens with one attached hydrogen (secondary N) is 2. The van der Waals surface area contributed by atoms with Gasteiger partial charge in [-0.15, -0.1) is 16.8 Å². The van der Waals surface area contributed by atoms with Crippen molar-refractivity contribution in [3.8, 4) is 0 Å². The van der Waals surface area contributed by atoms with Gasteiger partial charge >= 0.3 is 6.18 Å². The van der Waals surface area contributed by atoms with Crippen molar-refractivity contribution in [1.82, 2.24) is 20.1 Å². The zero-order valence-electron chi connectivity index (χ0n) is 20.7. The lowest BCUT2D eigenvalue weighted by Gasteiger charge is -2.22. The smallest absolute Gasteiger partial charge is 0.342 e. The zero-order valence-corrected chi connectivity index (χ0v) is 21.5. The van der Waals surface area contributed by atoms with Crippen molar-refractivity contribution in [2.75, 3.05) is 11.1 Å². The van der Waals surface area contributed by atoms with Gasteiger partial charge in [-0.1, -0.05) is 55.4 Å². The summed E-state index contributed by atoms with van der Waals surface area (Å²) in [7, 11) is 0. The quantitative estimate of drug-likeness (QED) is 0.261. The molecule has 3 rings (SSSR count). The Morgan fingerprint density at radius 1 is 1.14 bits per heavy atom. The second kappa shape index (κ2) is 12.1. The van der Waals surface area contributed by atoms with Crippen LogP contribution in [0.25, 0.3) is 0 Å². The normalized spacial score (nSPS) is 12.3. The highest BCUT2D eigenvalue weighted by atomic mass is 32.2. The van der Waals surface area contributed by atoms with Crippen molar-refractivity contribution in [2.24, 2.45) is 5.92 Å². The summed E-state index contributed by atoms with van der Waals surface area (Å²) in [6.45, 7) is 9.91. The molecule has 0 aliphatic carbocycles. The van der Waals surface area contributed by atoms with Crippen LogP contribution in [0.3, 0.4) is 0 Å². The van der Waals surface area contributed by atoms with E-state index < -0.39 is 23.7 Å². The minimum absolute atomic E-state index is 0.0245. The van der Waals surface area contributed by atoms with E-state index in [4.69, 9.17) is 0 Å². The number of carbonyl (C=O) groups is 2. The van der Waals surface area contributed by atoms with Gasteiger partial charge in [0, 0.05) is 17.8 Å². The van der Waals surface area contributed by atoms with Gasteiger partial charge in [0.1, 0.15) is 0 Å². The molecule has 37 heavy (non-hydrogen) atoms. The van der Waals surface area contributed by atoms with Gasteiger partial charge in [0.05, 0.1) is 17.4 Å². The summed E-state index contributed by atoms with van der Waals surface area (Å²) >= 11 is 1.09. The van der Waals surface area contributed by atoms with Crippen molar-refractivity contribution in [3.05, 3.63) is 83.7 Å². The van der Waals surface area contributed by atoms with Crippen LogP contribution in [0.1, 0.15) is 47.2 Å². The van der Waals surface area contributed by atoms with Crippen LogP contribution < -0.4 is 10.6 Å². The summed E-state index contributed by atoms with van der Waals surface area (Å²) in [5, 5.41) is 14.4. The maximum atomic E-state index is 12.9. The van der Waals surface area contributed by atoms with Crippen molar-refractivity contribution in [1.29, 1.82) is 0 Å². The van der Waals surface area contributed by atoms with Gasteiger partial charge in [0.15, 0.2) is 11.0 Å². The van der Waals surface area contributed by atoms with Crippen LogP contribution in [0, 0.1) is 12.8 Å². The lowest BCUT2D eigenvalue weighted by Crippen LogP contribution is -2.34. The van der Waals surface area contributed by atoms with E-state index in [0.717, 1.165) is 29.5 Å². The molecule has 0 spiro atoms. The highest BCUT2D eigenvalue weighted by Crippen LogP contribution is 2.31. The first-order chi connectivity index (χ1) is 17.5. The van der Waals surface area contributed by atoms with Crippen LogP contribution in [0.5, 0.6) is 0 Å². The van der Waals surface area contributed by atoms with Crippen molar-refractivity contribution >= 4 is 29.3 Å². The van der Waals surface area contributed by atoms with Gasteiger partial charge in [-0.2, -0.15) is 13.2 Å². The van der Waals surface area contributed by atoms with Crippen molar-refractivity contribution in [3.63, 3.8) is 0 Å². The minimum atomic E-state index is -4.51. The second-order valence-corrected chi connectivity index (χ2v) is 9.66. The van der Waals surface area contributed by atoms with Gasteiger partial charge in [-0.05, 0) is 43.2 Å². The highest BCUT2D eigenvalue weighted by molar-refractivity contribution is 7.99. The summed E-state index contributed by atoms with van der Waals surface area (Å²) in [6, 6.07) is 11.2. The largest absolute Gasteiger partial charge is 0.416 e. The number of benzene rings is 2. The zero-order chi connectivity index (χ0) is 27.2. The Hall–Kier alpha value is -3.60. The Kier molecular flexibility index (Phi) is 9.14. The summed E-state index contributed by atoms with van der Waals surface area (Å²) in [5.74, 6) is -0.356. The fourth-order valence-corrected chi connectivity index (χ4v) is 4.33. The number of anilines is 1. The number of aryl methyl sites for hydroxylation is 1. The maximum Gasteiger partial charge on any atom is 0.416 e. The number of aromatic nitrogens is 3. The topological polar surface area (TPSA) is 88.9 Å². The Balaban J connectivity index is 1.74. The molecule has 0 fully saturated rings. The van der Waals surface area contributed by atoms with Crippen molar-refractivity contribution < 1.29 is 22.8 Å². The standard InChI is InChI=1S/C26H28F3N5O2S/c1-5-12-34-23(22(16(2)3)31-24(36)18-9-6-8-17(4)13-18)32-33-25(34)37-15-21(35)30-20-11-7-10-19(14-20)26(27,28)29/h5-11,13-14,16,22H,1,12,15H2,2-4H3,(H,30,35)(H,31,36)/t22-/m1/s1. The molecular formula is C26H28F3N5O2S. The predicted molar refractivity (Wildman–Crippen MR) is 137 cm³/mol. The predicted octanol–water partition coefficient (Wildman–Crippen LogP) is 5.65. The van der Waals surface area contributed by atoms with Gasteiger partial charge in [0.2, 0.25) is 5.91 Å². The van der Waals surface area contributed by atoms with Crippen molar-refractivity contribution in [2.45, 2.75) is 44.7 Å². The molecule has 2 amide bonds. The number of alkyl halides is 3. The molecular weight excluding hydrogens is 503 g/mol. The number of nitrogens with zero attached hydrogens (tertiary/aromatic N) is 3. The summed E-state index contributed by atoms with van der Waals surface area (Å²) in [4.78, 5) is 25.4. The lowest BCUT2D eigenvalue weighted by atomic mass is 10.0. The molecule has 11 heteroatoms. The number of halogens is 3. The van der Waals surface area contributed by atoms with Crippen LogP contribution in [0.15, 0.2) is 66.3 Å². The Labute approximate surface area is 217 Å². The molecule has 2 aromatic carbocycles. The molecule has 3 aromatic rings. The number of allylic oxidation sites excluding steroid dienone is 1. The molecule has 1 atom stereocenters. The van der Waals surface area contributed by atoms with E-state index in [1.807, 2.05) is 32.9 Å². The number of thioether (sulfide) groups is 1. The third kappa shape index (κ3) is 7.45. The lowest BCUT2D eigenvalue weighted by molar-refractivity contribution is -0.137. The Morgan fingerprint density at radius 3 is 2.51 bits per heavy atom. The Bertz CT molecular complexity index is 1270. The third-order valence-corrected chi connectivity index (χ3v) is 6.34. The summed E-state index contributed by atoms with van der Waals surface area (Å²) < 4.78 is 40.6. The fourth-order valence-electron chi connectivity index (χ4n) is 3.58. The van der Waals surface area contributed by atoms with Crippen LogP contribution in [-0.4, -0.2) is 32.3 Å². The molecule has 0 bridgehead atoms.